The van der Waals surface area contributed by atoms with Crippen molar-refractivity contribution in [3.63, 3.8) is 0 Å². The van der Waals surface area contributed by atoms with E-state index >= 15 is 0 Å². The minimum absolute atomic E-state index is 0.00422. The second-order valence-electron chi connectivity index (χ2n) is 2.91. The third kappa shape index (κ3) is 9.71. The van der Waals surface area contributed by atoms with Gasteiger partial charge in [-0.15, -0.1) is 0 Å². The third-order valence-electron chi connectivity index (χ3n) is 1.58. The van der Waals surface area contributed by atoms with E-state index in [0.717, 1.165) is 24.7 Å². The van der Waals surface area contributed by atoms with E-state index in [1.165, 1.54) is 12.8 Å². The van der Waals surface area contributed by atoms with Gasteiger partial charge in [-0.2, -0.15) is 0 Å². The van der Waals surface area contributed by atoms with Crippen LogP contribution in [0.15, 0.2) is 0 Å². The summed E-state index contributed by atoms with van der Waals surface area (Å²) in [5.74, 6) is 0. The molecule has 0 aromatic carbocycles. The Hall–Kier alpha value is -0.211. The molecule has 0 rings (SSSR count). The second-order valence-corrected chi connectivity index (χ2v) is 4.80. The van der Waals surface area contributed by atoms with Crippen LogP contribution in [0, 0.1) is 0 Å². The molecule has 0 bridgehead atoms. The fourth-order valence-corrected chi connectivity index (χ4v) is 2.30. The van der Waals surface area contributed by atoms with Gasteiger partial charge in [-0.05, 0) is 0 Å². The summed E-state index contributed by atoms with van der Waals surface area (Å²) in [6.07, 6.45) is 4.62. The molecule has 13 heavy (non-hydrogen) atoms. The van der Waals surface area contributed by atoms with Crippen molar-refractivity contribution in [2.24, 2.45) is 0 Å². The predicted octanol–water partition coefficient (Wildman–Crippen LogP) is 1.92. The normalized spacial score (nSPS) is 9.69. The van der Waals surface area contributed by atoms with Gasteiger partial charge in [-0.1, -0.05) is 0 Å². The number of unbranched alkanes of at least 4 members (excludes halogenated alkanes) is 2. The molecule has 0 spiro atoms. The Labute approximate surface area is 87.4 Å². The zero-order valence-corrected chi connectivity index (χ0v) is 10.3. The molecule has 0 saturated heterocycles. The Bertz CT molecular complexity index is 131. The minimum atomic E-state index is 0.00422. The monoisotopic (exact) mass is 252 g/mol. The summed E-state index contributed by atoms with van der Waals surface area (Å²) in [7, 11) is 0. The van der Waals surface area contributed by atoms with Crippen molar-refractivity contribution in [3.05, 3.63) is 0 Å². The van der Waals surface area contributed by atoms with Crippen LogP contribution in [-0.4, -0.2) is 27.8 Å². The van der Waals surface area contributed by atoms with Crippen molar-refractivity contribution in [2.75, 3.05) is 6.54 Å². The first-order valence-electron chi connectivity index (χ1n) is 4.96. The van der Waals surface area contributed by atoms with Crippen LogP contribution in [0.1, 0.15) is 39.5 Å². The average Bonchev–Trinajstić information content (AvgIpc) is 2.13. The first-order valence-corrected chi connectivity index (χ1v) is 7.03. The van der Waals surface area contributed by atoms with Gasteiger partial charge in [0.15, 0.2) is 0 Å². The molecule has 3 nitrogen and oxygen atoms in total. The average molecular weight is 251 g/mol. The zero-order valence-electron chi connectivity index (χ0n) is 8.56. The van der Waals surface area contributed by atoms with E-state index in [9.17, 15) is 4.79 Å². The number of rotatable bonds is 7. The molecule has 2 N–H and O–H groups in total. The molecule has 0 saturated carbocycles. The Balaban J connectivity index is 3.11. The van der Waals surface area contributed by atoms with E-state index in [4.69, 9.17) is 0 Å². The molecular formula is C9H20N2OSe. The summed E-state index contributed by atoms with van der Waals surface area (Å²) in [6.45, 7) is 5.08. The van der Waals surface area contributed by atoms with Gasteiger partial charge in [0.1, 0.15) is 0 Å². The molecule has 0 radical (unpaired) electrons. The Kier molecular flexibility index (Phi) is 9.71. The molecule has 4 heteroatoms. The van der Waals surface area contributed by atoms with E-state index in [2.05, 4.69) is 23.5 Å². The van der Waals surface area contributed by atoms with Crippen LogP contribution in [0.2, 0.25) is 5.32 Å². The maximum atomic E-state index is 11.1. The quantitative estimate of drug-likeness (QED) is 0.527. The SMILES string of the molecule is CCCCNC(=O)N[Se]CCCC. The van der Waals surface area contributed by atoms with Crippen LogP contribution in [0.25, 0.3) is 0 Å². The van der Waals surface area contributed by atoms with Gasteiger partial charge in [0.25, 0.3) is 0 Å². The molecule has 78 valence electrons. The van der Waals surface area contributed by atoms with Gasteiger partial charge in [0.2, 0.25) is 0 Å². The zero-order chi connectivity index (χ0) is 9.94. The van der Waals surface area contributed by atoms with Crippen LogP contribution in [-0.2, 0) is 0 Å². The molecule has 0 heterocycles. The number of nitrogens with one attached hydrogen (secondary N) is 2. The second kappa shape index (κ2) is 9.87. The van der Waals surface area contributed by atoms with Gasteiger partial charge in [0.05, 0.1) is 0 Å². The fourth-order valence-electron chi connectivity index (χ4n) is 0.748. The first-order chi connectivity index (χ1) is 6.31. The van der Waals surface area contributed by atoms with Crippen LogP contribution < -0.4 is 9.65 Å². The summed E-state index contributed by atoms with van der Waals surface area (Å²) < 4.78 is 2.89. The molecule has 0 aliphatic rings. The van der Waals surface area contributed by atoms with Crippen LogP contribution in [0.3, 0.4) is 0 Å². The summed E-state index contributed by atoms with van der Waals surface area (Å²) in [5.41, 5.74) is 0. The molecule has 0 aromatic rings. The number of amides is 2. The van der Waals surface area contributed by atoms with Gasteiger partial charge in [0, 0.05) is 0 Å². The number of carbonyl (C=O) groups is 1. The summed E-state index contributed by atoms with van der Waals surface area (Å²) >= 11 is 0.284. The van der Waals surface area contributed by atoms with Gasteiger partial charge >= 0.3 is 87.0 Å². The number of hydrogen-bond donors (Lipinski definition) is 2. The molecule has 0 aromatic heterocycles. The van der Waals surface area contributed by atoms with Crippen molar-refractivity contribution in [1.82, 2.24) is 9.65 Å². The Morgan fingerprint density at radius 3 is 2.54 bits per heavy atom. The fraction of sp³-hybridized carbons (Fsp3) is 0.889. The van der Waals surface area contributed by atoms with Gasteiger partial charge in [-0.25, -0.2) is 0 Å². The van der Waals surface area contributed by atoms with E-state index < -0.39 is 0 Å². The van der Waals surface area contributed by atoms with Gasteiger partial charge in [-0.3, -0.25) is 0 Å². The Morgan fingerprint density at radius 2 is 1.92 bits per heavy atom. The van der Waals surface area contributed by atoms with Crippen molar-refractivity contribution in [3.8, 4) is 0 Å². The molecule has 0 aliphatic carbocycles. The van der Waals surface area contributed by atoms with E-state index in [1.54, 1.807) is 0 Å². The number of urea groups is 1. The van der Waals surface area contributed by atoms with Crippen molar-refractivity contribution in [1.29, 1.82) is 0 Å². The molecule has 0 aliphatic heterocycles. The molecule has 0 unspecified atom stereocenters. The van der Waals surface area contributed by atoms with E-state index in [-0.39, 0.29) is 21.2 Å². The molecule has 2 amide bonds. The van der Waals surface area contributed by atoms with Crippen LogP contribution in [0.4, 0.5) is 4.79 Å². The first kappa shape index (κ1) is 12.8. The number of hydrogen-bond acceptors (Lipinski definition) is 1. The summed E-state index contributed by atoms with van der Waals surface area (Å²) in [5, 5.41) is 3.97. The van der Waals surface area contributed by atoms with Crippen LogP contribution in [0.5, 0.6) is 0 Å². The Morgan fingerprint density at radius 1 is 1.23 bits per heavy atom. The molecular weight excluding hydrogens is 231 g/mol. The van der Waals surface area contributed by atoms with E-state index in [0.29, 0.717) is 0 Å². The predicted molar refractivity (Wildman–Crippen MR) is 56.9 cm³/mol. The summed E-state index contributed by atoms with van der Waals surface area (Å²) in [6, 6.07) is 0.00422. The molecule has 0 atom stereocenters. The third-order valence-corrected chi connectivity index (χ3v) is 3.31. The van der Waals surface area contributed by atoms with Crippen LogP contribution >= 0.6 is 0 Å². The van der Waals surface area contributed by atoms with Crippen molar-refractivity contribution in [2.45, 2.75) is 44.9 Å². The molecule has 0 fully saturated rings. The van der Waals surface area contributed by atoms with E-state index in [1.807, 2.05) is 0 Å². The maximum absolute atomic E-state index is 11.1. The summed E-state index contributed by atoms with van der Waals surface area (Å²) in [4.78, 5) is 11.1. The van der Waals surface area contributed by atoms with Crippen molar-refractivity contribution >= 4 is 21.2 Å². The standard InChI is InChI=1S/C9H20N2OSe/c1-3-5-7-10-9(12)11-13-8-6-4-2/h3-8H2,1-2H3,(H2,10,11,12). The topological polar surface area (TPSA) is 41.1 Å². The van der Waals surface area contributed by atoms with Gasteiger partial charge < -0.3 is 0 Å². The van der Waals surface area contributed by atoms with Crippen molar-refractivity contribution < 1.29 is 4.79 Å². The number of carbonyl (C=O) groups excluding carboxylic acids is 1.